The molecular formula is C19H24N4O2. The molecule has 25 heavy (non-hydrogen) atoms. The van der Waals surface area contributed by atoms with Gasteiger partial charge in [0.05, 0.1) is 12.8 Å². The second-order valence-corrected chi connectivity index (χ2v) is 6.22. The van der Waals surface area contributed by atoms with E-state index in [9.17, 15) is 0 Å². The number of aliphatic hydroxyl groups excluding tert-OH is 1. The molecule has 2 aromatic heterocycles. The summed E-state index contributed by atoms with van der Waals surface area (Å²) in [6, 6.07) is 10.3. The zero-order valence-corrected chi connectivity index (χ0v) is 14.6. The third-order valence-corrected chi connectivity index (χ3v) is 3.95. The molecule has 6 nitrogen and oxygen atoms in total. The van der Waals surface area contributed by atoms with E-state index in [2.05, 4.69) is 35.3 Å². The summed E-state index contributed by atoms with van der Waals surface area (Å²) < 4.78 is 7.49. The predicted octanol–water partition coefficient (Wildman–Crippen LogP) is 2.67. The minimum Gasteiger partial charge on any atom is -0.491 e. The summed E-state index contributed by atoms with van der Waals surface area (Å²) in [5.74, 6) is 0.802. The molecule has 132 valence electrons. The number of hydrogen-bond donors (Lipinski definition) is 2. The van der Waals surface area contributed by atoms with Crippen molar-refractivity contribution in [1.29, 1.82) is 0 Å². The van der Waals surface area contributed by atoms with Crippen LogP contribution in [-0.2, 0) is 13.1 Å². The Balaban J connectivity index is 1.63. The van der Waals surface area contributed by atoms with Gasteiger partial charge in [-0.2, -0.15) is 5.10 Å². The van der Waals surface area contributed by atoms with Crippen LogP contribution in [0.5, 0.6) is 5.75 Å². The van der Waals surface area contributed by atoms with Gasteiger partial charge < -0.3 is 15.2 Å². The summed E-state index contributed by atoms with van der Waals surface area (Å²) in [6.45, 7) is 5.91. The number of para-hydroxylation sites is 1. The molecule has 0 aliphatic carbocycles. The zero-order chi connectivity index (χ0) is 17.6. The van der Waals surface area contributed by atoms with Crippen LogP contribution in [0.2, 0.25) is 0 Å². The molecule has 0 unspecified atom stereocenters. The van der Waals surface area contributed by atoms with E-state index in [1.54, 1.807) is 0 Å². The van der Waals surface area contributed by atoms with Gasteiger partial charge in [0.1, 0.15) is 12.4 Å². The van der Waals surface area contributed by atoms with Gasteiger partial charge in [0.15, 0.2) is 5.65 Å². The molecule has 0 aliphatic rings. The van der Waals surface area contributed by atoms with Crippen LogP contribution >= 0.6 is 0 Å². The van der Waals surface area contributed by atoms with E-state index in [4.69, 9.17) is 9.84 Å². The van der Waals surface area contributed by atoms with E-state index >= 15 is 0 Å². The number of nitrogens with zero attached hydrogens (tertiary/aromatic N) is 3. The molecule has 0 saturated carbocycles. The number of rotatable bonds is 8. The van der Waals surface area contributed by atoms with Gasteiger partial charge in [0.25, 0.3) is 0 Å². The Hall–Kier alpha value is -2.44. The number of hydrogen-bond acceptors (Lipinski definition) is 5. The molecule has 0 atom stereocenters. The minimum atomic E-state index is 0.0114. The largest absolute Gasteiger partial charge is 0.491 e. The van der Waals surface area contributed by atoms with Crippen LogP contribution in [0.1, 0.15) is 31.0 Å². The first-order valence-electron chi connectivity index (χ1n) is 8.53. The fourth-order valence-corrected chi connectivity index (χ4v) is 2.75. The van der Waals surface area contributed by atoms with Gasteiger partial charge in [-0.25, -0.2) is 9.67 Å². The van der Waals surface area contributed by atoms with E-state index in [1.807, 2.05) is 41.3 Å². The van der Waals surface area contributed by atoms with E-state index in [0.717, 1.165) is 27.9 Å². The third-order valence-electron chi connectivity index (χ3n) is 3.95. The highest BCUT2D eigenvalue weighted by Gasteiger charge is 2.08. The monoisotopic (exact) mass is 340 g/mol. The van der Waals surface area contributed by atoms with E-state index < -0.39 is 0 Å². The average Bonchev–Trinajstić information content (AvgIpc) is 3.04. The number of fused-ring (bicyclic) bond motifs is 1. The van der Waals surface area contributed by atoms with Crippen molar-refractivity contribution in [3.05, 3.63) is 53.9 Å². The predicted molar refractivity (Wildman–Crippen MR) is 97.5 cm³/mol. The number of benzene rings is 1. The lowest BCUT2D eigenvalue weighted by Crippen LogP contribution is -2.14. The molecule has 0 saturated heterocycles. The summed E-state index contributed by atoms with van der Waals surface area (Å²) in [4.78, 5) is 4.55. The third kappa shape index (κ3) is 4.15. The molecule has 3 rings (SSSR count). The minimum absolute atomic E-state index is 0.0114. The van der Waals surface area contributed by atoms with Gasteiger partial charge in [0, 0.05) is 36.3 Å². The molecule has 0 radical (unpaired) electrons. The Bertz CT molecular complexity index is 829. The maximum absolute atomic E-state index is 8.91. The molecule has 6 heteroatoms. The molecular weight excluding hydrogens is 316 g/mol. The van der Waals surface area contributed by atoms with Crippen LogP contribution < -0.4 is 10.1 Å². The molecule has 0 spiro atoms. The molecule has 2 heterocycles. The highest BCUT2D eigenvalue weighted by molar-refractivity contribution is 5.75. The van der Waals surface area contributed by atoms with Crippen LogP contribution in [0.3, 0.4) is 0 Å². The van der Waals surface area contributed by atoms with Gasteiger partial charge in [-0.1, -0.05) is 18.2 Å². The second kappa shape index (κ2) is 8.09. The lowest BCUT2D eigenvalue weighted by molar-refractivity contribution is 0.200. The fourth-order valence-electron chi connectivity index (χ4n) is 2.75. The molecule has 2 N–H and O–H groups in total. The average molecular weight is 340 g/mol. The van der Waals surface area contributed by atoms with Gasteiger partial charge in [0.2, 0.25) is 0 Å². The molecule has 1 aromatic carbocycles. The van der Waals surface area contributed by atoms with Crippen LogP contribution in [0, 0.1) is 0 Å². The number of aliphatic hydroxyl groups is 1. The first-order chi connectivity index (χ1) is 12.2. The molecule has 0 fully saturated rings. The van der Waals surface area contributed by atoms with E-state index in [-0.39, 0.29) is 6.61 Å². The number of aromatic nitrogens is 3. The topological polar surface area (TPSA) is 72.2 Å². The second-order valence-electron chi connectivity index (χ2n) is 6.22. The first kappa shape index (κ1) is 17.4. The number of pyridine rings is 1. The highest BCUT2D eigenvalue weighted by atomic mass is 16.5. The summed E-state index contributed by atoms with van der Waals surface area (Å²) in [7, 11) is 0. The Morgan fingerprint density at radius 2 is 2.04 bits per heavy atom. The summed E-state index contributed by atoms with van der Waals surface area (Å²) in [5.41, 5.74) is 3.10. The van der Waals surface area contributed by atoms with Crippen molar-refractivity contribution in [2.75, 3.05) is 13.2 Å². The van der Waals surface area contributed by atoms with Gasteiger partial charge in [-0.05, 0) is 31.5 Å². The summed E-state index contributed by atoms with van der Waals surface area (Å²) in [6.07, 6.45) is 3.76. The van der Waals surface area contributed by atoms with Crippen molar-refractivity contribution in [3.8, 4) is 5.75 Å². The van der Waals surface area contributed by atoms with Crippen molar-refractivity contribution < 1.29 is 9.84 Å². The van der Waals surface area contributed by atoms with E-state index in [0.29, 0.717) is 25.7 Å². The Morgan fingerprint density at radius 1 is 1.20 bits per heavy atom. The van der Waals surface area contributed by atoms with Crippen molar-refractivity contribution >= 4 is 11.0 Å². The van der Waals surface area contributed by atoms with Crippen molar-refractivity contribution in [3.63, 3.8) is 0 Å². The Labute approximate surface area is 147 Å². The van der Waals surface area contributed by atoms with Crippen molar-refractivity contribution in [2.24, 2.45) is 0 Å². The van der Waals surface area contributed by atoms with Crippen LogP contribution in [0.15, 0.2) is 42.7 Å². The molecule has 0 amide bonds. The van der Waals surface area contributed by atoms with Crippen LogP contribution in [0.25, 0.3) is 11.0 Å². The maximum Gasteiger partial charge on any atom is 0.157 e. The normalized spacial score (nSPS) is 11.4. The smallest absolute Gasteiger partial charge is 0.157 e. The lowest BCUT2D eigenvalue weighted by Gasteiger charge is -2.11. The molecule has 3 aromatic rings. The summed E-state index contributed by atoms with van der Waals surface area (Å²) >= 11 is 0. The van der Waals surface area contributed by atoms with Crippen LogP contribution in [-0.4, -0.2) is 33.1 Å². The Kier molecular flexibility index (Phi) is 5.63. The Morgan fingerprint density at radius 3 is 2.84 bits per heavy atom. The lowest BCUT2D eigenvalue weighted by atomic mass is 10.2. The number of nitrogens with one attached hydrogen (secondary N) is 1. The number of ether oxygens (including phenoxy) is 1. The molecule has 0 bridgehead atoms. The van der Waals surface area contributed by atoms with Crippen LogP contribution in [0.4, 0.5) is 0 Å². The highest BCUT2D eigenvalue weighted by Crippen LogP contribution is 2.19. The zero-order valence-electron chi connectivity index (χ0n) is 14.6. The van der Waals surface area contributed by atoms with Crippen molar-refractivity contribution in [2.45, 2.75) is 33.0 Å². The first-order valence-corrected chi connectivity index (χ1v) is 8.53. The van der Waals surface area contributed by atoms with Gasteiger partial charge >= 0.3 is 0 Å². The van der Waals surface area contributed by atoms with Crippen molar-refractivity contribution in [1.82, 2.24) is 20.1 Å². The maximum atomic E-state index is 8.91. The van der Waals surface area contributed by atoms with Gasteiger partial charge in [-0.15, -0.1) is 0 Å². The standard InChI is InChI=1S/C19H24N4O2/c1-14(2)23-19-17(13-22-23)9-15(11-21-19)10-20-12-16-5-3-4-6-18(16)25-8-7-24/h3-6,9,11,13-14,20,24H,7-8,10,12H2,1-2H3. The fraction of sp³-hybridized carbons (Fsp3) is 0.368. The SMILES string of the molecule is CC(C)n1ncc2cc(CNCc3ccccc3OCCO)cnc21. The molecule has 0 aliphatic heterocycles. The quantitative estimate of drug-likeness (QED) is 0.660. The van der Waals surface area contributed by atoms with Gasteiger partial charge in [-0.3, -0.25) is 0 Å². The summed E-state index contributed by atoms with van der Waals surface area (Å²) in [5, 5.41) is 17.8. The van der Waals surface area contributed by atoms with E-state index in [1.165, 1.54) is 0 Å².